The number of aromatic nitrogens is 1. The summed E-state index contributed by atoms with van der Waals surface area (Å²) in [6.07, 6.45) is 3.50. The first-order valence-corrected chi connectivity index (χ1v) is 9.57. The average molecular weight is 356 g/mol. The van der Waals surface area contributed by atoms with E-state index in [1.54, 1.807) is 23.2 Å². The van der Waals surface area contributed by atoms with Crippen LogP contribution >= 0.6 is 11.6 Å². The lowest BCUT2D eigenvalue weighted by Crippen LogP contribution is -2.49. The molecule has 1 atom stereocenters. The van der Waals surface area contributed by atoms with Gasteiger partial charge in [-0.25, -0.2) is 13.4 Å². The number of hydrogen-bond donors (Lipinski definition) is 0. The van der Waals surface area contributed by atoms with Crippen molar-refractivity contribution in [2.75, 3.05) is 36.8 Å². The SMILES string of the molecule is O=C(C[C@H]1C=CS(=O)(=O)C1)N1CCN(c2ccc(Cl)cn2)CC1. The molecule has 124 valence electrons. The molecule has 3 heterocycles. The highest BCUT2D eigenvalue weighted by Crippen LogP contribution is 2.21. The number of amides is 1. The Bertz CT molecular complexity index is 710. The van der Waals surface area contributed by atoms with E-state index < -0.39 is 9.84 Å². The molecule has 0 aromatic carbocycles. The van der Waals surface area contributed by atoms with Gasteiger partial charge in [-0.05, 0) is 12.1 Å². The van der Waals surface area contributed by atoms with Crippen LogP contribution in [0.25, 0.3) is 0 Å². The maximum absolute atomic E-state index is 12.3. The van der Waals surface area contributed by atoms with E-state index in [9.17, 15) is 13.2 Å². The van der Waals surface area contributed by atoms with E-state index in [1.807, 2.05) is 6.07 Å². The standard InChI is InChI=1S/C15H18ClN3O3S/c16-13-1-2-14(17-10-13)18-4-6-19(7-5-18)15(20)9-12-3-8-23(21,22)11-12/h1-3,8,10,12H,4-7,9,11H2/t12-/m1/s1. The van der Waals surface area contributed by atoms with Gasteiger partial charge in [-0.1, -0.05) is 17.7 Å². The van der Waals surface area contributed by atoms with Crippen LogP contribution in [0.3, 0.4) is 0 Å². The largest absolute Gasteiger partial charge is 0.353 e. The minimum Gasteiger partial charge on any atom is -0.353 e. The van der Waals surface area contributed by atoms with Crippen LogP contribution in [0.4, 0.5) is 5.82 Å². The Morgan fingerprint density at radius 3 is 2.57 bits per heavy atom. The van der Waals surface area contributed by atoms with Gasteiger partial charge in [-0.2, -0.15) is 0 Å². The molecule has 3 rings (SSSR count). The normalized spacial score (nSPS) is 23.3. The molecule has 0 N–H and O–H groups in total. The van der Waals surface area contributed by atoms with Crippen molar-refractivity contribution >= 4 is 33.2 Å². The third-order valence-corrected chi connectivity index (χ3v) is 5.80. The van der Waals surface area contributed by atoms with Crippen LogP contribution in [-0.4, -0.2) is 56.1 Å². The van der Waals surface area contributed by atoms with E-state index in [1.165, 1.54) is 5.41 Å². The molecule has 0 radical (unpaired) electrons. The molecular weight excluding hydrogens is 338 g/mol. The number of allylic oxidation sites excluding steroid dienone is 1. The van der Waals surface area contributed by atoms with Gasteiger partial charge in [-0.15, -0.1) is 0 Å². The Kier molecular flexibility index (Phi) is 4.59. The average Bonchev–Trinajstić information content (AvgIpc) is 2.87. The zero-order valence-corrected chi connectivity index (χ0v) is 14.1. The molecule has 0 bridgehead atoms. The second kappa shape index (κ2) is 6.49. The first-order chi connectivity index (χ1) is 10.9. The lowest BCUT2D eigenvalue weighted by molar-refractivity contribution is -0.132. The Labute approximate surface area is 140 Å². The number of sulfone groups is 1. The molecule has 23 heavy (non-hydrogen) atoms. The summed E-state index contributed by atoms with van der Waals surface area (Å²) in [4.78, 5) is 20.5. The van der Waals surface area contributed by atoms with E-state index in [0.717, 1.165) is 5.82 Å². The molecule has 0 aliphatic carbocycles. The maximum Gasteiger partial charge on any atom is 0.223 e. The second-order valence-electron chi connectivity index (χ2n) is 5.82. The Balaban J connectivity index is 1.51. The van der Waals surface area contributed by atoms with Gasteiger partial charge in [0.05, 0.1) is 10.8 Å². The number of anilines is 1. The first-order valence-electron chi connectivity index (χ1n) is 7.48. The summed E-state index contributed by atoms with van der Waals surface area (Å²) in [6, 6.07) is 3.67. The topological polar surface area (TPSA) is 70.6 Å². The van der Waals surface area contributed by atoms with Gasteiger partial charge in [0.2, 0.25) is 5.91 Å². The molecule has 8 heteroatoms. The van der Waals surface area contributed by atoms with Crippen molar-refractivity contribution in [1.82, 2.24) is 9.88 Å². The van der Waals surface area contributed by atoms with E-state index >= 15 is 0 Å². The van der Waals surface area contributed by atoms with Crippen molar-refractivity contribution in [1.29, 1.82) is 0 Å². The third-order valence-electron chi connectivity index (χ3n) is 4.11. The van der Waals surface area contributed by atoms with Gasteiger partial charge in [0.1, 0.15) is 5.82 Å². The van der Waals surface area contributed by atoms with Crippen molar-refractivity contribution < 1.29 is 13.2 Å². The van der Waals surface area contributed by atoms with Gasteiger partial charge >= 0.3 is 0 Å². The lowest BCUT2D eigenvalue weighted by atomic mass is 10.1. The molecule has 6 nitrogen and oxygen atoms in total. The zero-order valence-electron chi connectivity index (χ0n) is 12.6. The monoisotopic (exact) mass is 355 g/mol. The summed E-state index contributed by atoms with van der Waals surface area (Å²) in [7, 11) is -3.10. The summed E-state index contributed by atoms with van der Waals surface area (Å²) < 4.78 is 22.8. The summed E-state index contributed by atoms with van der Waals surface area (Å²) in [5.41, 5.74) is 0. The van der Waals surface area contributed by atoms with Crippen LogP contribution in [0.5, 0.6) is 0 Å². The highest BCUT2D eigenvalue weighted by Gasteiger charge is 2.27. The van der Waals surface area contributed by atoms with Crippen LogP contribution in [0.15, 0.2) is 29.8 Å². The van der Waals surface area contributed by atoms with E-state index in [4.69, 9.17) is 11.6 Å². The Morgan fingerprint density at radius 1 is 1.26 bits per heavy atom. The van der Waals surface area contributed by atoms with Gasteiger partial charge in [-0.3, -0.25) is 4.79 Å². The number of carbonyl (C=O) groups excluding carboxylic acids is 1. The molecule has 0 spiro atoms. The molecular formula is C15H18ClN3O3S. The number of pyridine rings is 1. The summed E-state index contributed by atoms with van der Waals surface area (Å²) in [5.74, 6) is 0.725. The fraction of sp³-hybridized carbons (Fsp3) is 0.467. The second-order valence-corrected chi connectivity index (χ2v) is 8.19. The number of nitrogens with zero attached hydrogens (tertiary/aromatic N) is 3. The van der Waals surface area contributed by atoms with Gasteiger partial charge in [0.25, 0.3) is 0 Å². The Hall–Kier alpha value is -1.60. The molecule has 2 aliphatic heterocycles. The van der Waals surface area contributed by atoms with E-state index in [2.05, 4.69) is 9.88 Å². The smallest absolute Gasteiger partial charge is 0.223 e. The quantitative estimate of drug-likeness (QED) is 0.818. The molecule has 0 saturated carbocycles. The van der Waals surface area contributed by atoms with Crippen LogP contribution in [0, 0.1) is 5.92 Å². The zero-order chi connectivity index (χ0) is 16.4. The number of rotatable bonds is 3. The minimum absolute atomic E-state index is 0.0143. The number of piperazine rings is 1. The predicted octanol–water partition coefficient (Wildman–Crippen LogP) is 1.33. The van der Waals surface area contributed by atoms with Crippen LogP contribution in [-0.2, 0) is 14.6 Å². The maximum atomic E-state index is 12.3. The molecule has 1 aromatic heterocycles. The molecule has 2 aliphatic rings. The third kappa shape index (κ3) is 4.03. The fourth-order valence-corrected chi connectivity index (χ4v) is 4.37. The molecule has 1 aromatic rings. The van der Waals surface area contributed by atoms with Crippen LogP contribution < -0.4 is 4.90 Å². The minimum atomic E-state index is -3.10. The summed E-state index contributed by atoms with van der Waals surface area (Å²) >= 11 is 5.83. The van der Waals surface area contributed by atoms with E-state index in [0.29, 0.717) is 31.2 Å². The summed E-state index contributed by atoms with van der Waals surface area (Å²) in [6.45, 7) is 2.65. The van der Waals surface area contributed by atoms with Crippen LogP contribution in [0.2, 0.25) is 5.02 Å². The van der Waals surface area contributed by atoms with Crippen molar-refractivity contribution in [3.05, 3.63) is 34.8 Å². The molecule has 1 amide bonds. The van der Waals surface area contributed by atoms with Gasteiger partial charge in [0.15, 0.2) is 9.84 Å². The Morgan fingerprint density at radius 2 is 2.00 bits per heavy atom. The van der Waals surface area contributed by atoms with Crippen molar-refractivity contribution in [3.63, 3.8) is 0 Å². The van der Waals surface area contributed by atoms with Gasteiger partial charge < -0.3 is 9.80 Å². The number of hydrogen-bond acceptors (Lipinski definition) is 5. The molecule has 0 unspecified atom stereocenters. The van der Waals surface area contributed by atoms with Gasteiger partial charge in [0, 0.05) is 50.1 Å². The van der Waals surface area contributed by atoms with Crippen LogP contribution in [0.1, 0.15) is 6.42 Å². The molecule has 1 saturated heterocycles. The van der Waals surface area contributed by atoms with Crippen molar-refractivity contribution in [2.24, 2.45) is 5.92 Å². The highest BCUT2D eigenvalue weighted by atomic mass is 35.5. The van der Waals surface area contributed by atoms with Crippen molar-refractivity contribution in [2.45, 2.75) is 6.42 Å². The highest BCUT2D eigenvalue weighted by molar-refractivity contribution is 7.94. The van der Waals surface area contributed by atoms with E-state index in [-0.39, 0.29) is 24.0 Å². The predicted molar refractivity (Wildman–Crippen MR) is 89.1 cm³/mol. The molecule has 1 fully saturated rings. The first kappa shape index (κ1) is 16.3. The fourth-order valence-electron chi connectivity index (χ4n) is 2.86. The van der Waals surface area contributed by atoms with Crippen molar-refractivity contribution in [3.8, 4) is 0 Å². The number of carbonyl (C=O) groups is 1. The number of halogens is 1. The summed E-state index contributed by atoms with van der Waals surface area (Å²) in [5, 5.41) is 1.82. The lowest BCUT2D eigenvalue weighted by Gasteiger charge is -2.35.